The summed E-state index contributed by atoms with van der Waals surface area (Å²) in [5, 5.41) is 2.97. The molecule has 118 valence electrons. The minimum Gasteiger partial charge on any atom is -0.377 e. The van der Waals surface area contributed by atoms with E-state index in [1.165, 1.54) is 0 Å². The third-order valence-electron chi connectivity index (χ3n) is 5.18. The zero-order valence-electron chi connectivity index (χ0n) is 12.4. The zero-order chi connectivity index (χ0) is 15.2. The number of nitrogens with two attached hydrogens (primary N) is 1. The summed E-state index contributed by atoms with van der Waals surface area (Å²) in [4.78, 5) is 0. The summed E-state index contributed by atoms with van der Waals surface area (Å²) in [5.74, 6) is 0.247. The maximum absolute atomic E-state index is 12.4. The molecule has 0 aromatic heterocycles. The molecule has 4 unspecified atom stereocenters. The molecule has 1 heterocycles. The van der Waals surface area contributed by atoms with Crippen molar-refractivity contribution in [3.05, 3.63) is 0 Å². The fourth-order valence-corrected chi connectivity index (χ4v) is 3.79. The van der Waals surface area contributed by atoms with Crippen molar-refractivity contribution >= 4 is 0 Å². The monoisotopic (exact) mass is 294 g/mol. The number of ether oxygens (including phenoxy) is 1. The molecule has 3 nitrogen and oxygen atoms in total. The topological polar surface area (TPSA) is 47.3 Å². The lowest BCUT2D eigenvalue weighted by atomic mass is 9.46. The molecule has 0 aromatic rings. The molecule has 1 aliphatic heterocycles. The van der Waals surface area contributed by atoms with Crippen LogP contribution in [0.3, 0.4) is 0 Å². The quantitative estimate of drug-likeness (QED) is 0.837. The lowest BCUT2D eigenvalue weighted by Gasteiger charge is -2.66. The third kappa shape index (κ3) is 2.70. The molecule has 1 saturated heterocycles. The SMILES string of the molecule is CC(CC(F)(F)F)NCC1(N)C2CCCOC2C1(C)C. The van der Waals surface area contributed by atoms with Crippen molar-refractivity contribution in [1.29, 1.82) is 0 Å². The summed E-state index contributed by atoms with van der Waals surface area (Å²) in [6.45, 7) is 6.82. The average Bonchev–Trinajstić information content (AvgIpc) is 2.34. The standard InChI is InChI=1S/C14H25F3N2O/c1-9(7-14(15,16)17)19-8-13(18)10-5-4-6-20-11(10)12(13,2)3/h9-11,19H,4-8,18H2,1-3H3. The summed E-state index contributed by atoms with van der Waals surface area (Å²) in [6, 6.07) is -0.616. The first-order valence-corrected chi connectivity index (χ1v) is 7.28. The predicted octanol–water partition coefficient (Wildman–Crippen LogP) is 2.45. The van der Waals surface area contributed by atoms with Crippen LogP contribution in [-0.2, 0) is 4.74 Å². The summed E-state index contributed by atoms with van der Waals surface area (Å²) in [7, 11) is 0. The number of rotatable bonds is 4. The highest BCUT2D eigenvalue weighted by molar-refractivity contribution is 5.20. The van der Waals surface area contributed by atoms with Gasteiger partial charge in [0.1, 0.15) is 0 Å². The van der Waals surface area contributed by atoms with E-state index in [1.54, 1.807) is 6.92 Å². The Hall–Kier alpha value is -0.330. The van der Waals surface area contributed by atoms with Gasteiger partial charge in [-0.15, -0.1) is 0 Å². The Balaban J connectivity index is 1.94. The highest BCUT2D eigenvalue weighted by Crippen LogP contribution is 2.57. The Morgan fingerprint density at radius 3 is 2.65 bits per heavy atom. The molecule has 0 amide bonds. The van der Waals surface area contributed by atoms with Crippen LogP contribution in [0.25, 0.3) is 0 Å². The molecule has 2 rings (SSSR count). The van der Waals surface area contributed by atoms with E-state index in [9.17, 15) is 13.2 Å². The van der Waals surface area contributed by atoms with Crippen molar-refractivity contribution in [2.75, 3.05) is 13.2 Å². The van der Waals surface area contributed by atoms with E-state index >= 15 is 0 Å². The zero-order valence-corrected chi connectivity index (χ0v) is 12.4. The van der Waals surface area contributed by atoms with Crippen molar-refractivity contribution in [3.63, 3.8) is 0 Å². The van der Waals surface area contributed by atoms with Crippen LogP contribution in [0.5, 0.6) is 0 Å². The van der Waals surface area contributed by atoms with Gasteiger partial charge in [-0.1, -0.05) is 13.8 Å². The van der Waals surface area contributed by atoms with Crippen molar-refractivity contribution in [3.8, 4) is 0 Å². The first-order valence-electron chi connectivity index (χ1n) is 7.28. The van der Waals surface area contributed by atoms with E-state index in [0.717, 1.165) is 19.4 Å². The van der Waals surface area contributed by atoms with Gasteiger partial charge in [0.15, 0.2) is 0 Å². The Bertz CT molecular complexity index is 359. The van der Waals surface area contributed by atoms with E-state index in [0.29, 0.717) is 6.54 Å². The van der Waals surface area contributed by atoms with Gasteiger partial charge in [0.05, 0.1) is 12.5 Å². The van der Waals surface area contributed by atoms with Crippen LogP contribution in [0, 0.1) is 11.3 Å². The van der Waals surface area contributed by atoms with Crippen molar-refractivity contribution in [1.82, 2.24) is 5.32 Å². The van der Waals surface area contributed by atoms with E-state index in [1.807, 2.05) is 0 Å². The van der Waals surface area contributed by atoms with E-state index in [-0.39, 0.29) is 17.4 Å². The normalized spacial score (nSPS) is 38.0. The number of fused-ring (bicyclic) bond motifs is 1. The fourth-order valence-electron chi connectivity index (χ4n) is 3.79. The Morgan fingerprint density at radius 1 is 1.40 bits per heavy atom. The minimum absolute atomic E-state index is 0.140. The number of hydrogen-bond donors (Lipinski definition) is 2. The van der Waals surface area contributed by atoms with Crippen LogP contribution < -0.4 is 11.1 Å². The van der Waals surface area contributed by atoms with Crippen LogP contribution in [0.2, 0.25) is 0 Å². The molecule has 0 radical (unpaired) electrons. The molecule has 2 aliphatic rings. The molecule has 1 aliphatic carbocycles. The summed E-state index contributed by atoms with van der Waals surface area (Å²) >= 11 is 0. The second-order valence-electron chi connectivity index (χ2n) is 6.90. The van der Waals surface area contributed by atoms with Crippen LogP contribution in [0.1, 0.15) is 40.0 Å². The van der Waals surface area contributed by atoms with Crippen LogP contribution in [-0.4, -0.2) is 37.0 Å². The fraction of sp³-hybridized carbons (Fsp3) is 1.00. The molecular weight excluding hydrogens is 269 g/mol. The predicted molar refractivity (Wildman–Crippen MR) is 71.3 cm³/mol. The summed E-state index contributed by atoms with van der Waals surface area (Å²) in [6.07, 6.45) is -2.84. The van der Waals surface area contributed by atoms with Gasteiger partial charge < -0.3 is 15.8 Å². The second-order valence-corrected chi connectivity index (χ2v) is 6.90. The highest BCUT2D eigenvalue weighted by atomic mass is 19.4. The summed E-state index contributed by atoms with van der Waals surface area (Å²) < 4.78 is 42.8. The minimum atomic E-state index is -4.14. The van der Waals surface area contributed by atoms with Crippen molar-refractivity contribution < 1.29 is 17.9 Å². The Labute approximate surface area is 118 Å². The van der Waals surface area contributed by atoms with Gasteiger partial charge in [-0.3, -0.25) is 0 Å². The molecule has 0 spiro atoms. The smallest absolute Gasteiger partial charge is 0.377 e. The van der Waals surface area contributed by atoms with Gasteiger partial charge in [0, 0.05) is 36.1 Å². The maximum Gasteiger partial charge on any atom is 0.390 e. The average molecular weight is 294 g/mol. The van der Waals surface area contributed by atoms with E-state index < -0.39 is 24.2 Å². The molecule has 6 heteroatoms. The van der Waals surface area contributed by atoms with Gasteiger partial charge in [0.2, 0.25) is 0 Å². The molecule has 0 bridgehead atoms. The largest absolute Gasteiger partial charge is 0.390 e. The van der Waals surface area contributed by atoms with Crippen LogP contribution in [0.4, 0.5) is 13.2 Å². The molecule has 3 N–H and O–H groups in total. The summed E-state index contributed by atoms with van der Waals surface area (Å²) in [5.41, 5.74) is 5.83. The first-order chi connectivity index (χ1) is 9.08. The Morgan fingerprint density at radius 2 is 2.05 bits per heavy atom. The van der Waals surface area contributed by atoms with E-state index in [2.05, 4.69) is 19.2 Å². The van der Waals surface area contributed by atoms with Gasteiger partial charge in [-0.2, -0.15) is 13.2 Å². The number of hydrogen-bond acceptors (Lipinski definition) is 3. The number of nitrogens with one attached hydrogen (secondary N) is 1. The molecule has 0 aromatic carbocycles. The number of alkyl halides is 3. The van der Waals surface area contributed by atoms with Gasteiger partial charge >= 0.3 is 6.18 Å². The third-order valence-corrected chi connectivity index (χ3v) is 5.18. The second kappa shape index (κ2) is 5.14. The molecular formula is C14H25F3N2O. The lowest BCUT2D eigenvalue weighted by molar-refractivity contribution is -0.226. The first kappa shape index (κ1) is 16.0. The van der Waals surface area contributed by atoms with Crippen molar-refractivity contribution in [2.45, 2.75) is 63.9 Å². The van der Waals surface area contributed by atoms with Crippen LogP contribution in [0.15, 0.2) is 0 Å². The molecule has 4 atom stereocenters. The lowest BCUT2D eigenvalue weighted by Crippen LogP contribution is -2.80. The Kier molecular flexibility index (Phi) is 4.13. The molecule has 2 fully saturated rings. The van der Waals surface area contributed by atoms with Crippen molar-refractivity contribution in [2.24, 2.45) is 17.1 Å². The molecule has 20 heavy (non-hydrogen) atoms. The van der Waals surface area contributed by atoms with Gasteiger partial charge in [-0.05, 0) is 19.8 Å². The van der Waals surface area contributed by atoms with Gasteiger partial charge in [0.25, 0.3) is 0 Å². The molecule has 1 saturated carbocycles. The van der Waals surface area contributed by atoms with E-state index in [4.69, 9.17) is 10.5 Å². The van der Waals surface area contributed by atoms with Crippen LogP contribution >= 0.6 is 0 Å². The highest BCUT2D eigenvalue weighted by Gasteiger charge is 2.66. The van der Waals surface area contributed by atoms with Gasteiger partial charge in [-0.25, -0.2) is 0 Å². The maximum atomic E-state index is 12.4. The number of halogens is 3.